The van der Waals surface area contributed by atoms with E-state index in [2.05, 4.69) is 15.0 Å². The minimum atomic E-state index is -3.58. The number of sulfone groups is 1. The van der Waals surface area contributed by atoms with E-state index >= 15 is 0 Å². The van der Waals surface area contributed by atoms with Crippen molar-refractivity contribution in [2.24, 2.45) is 0 Å². The Kier molecular flexibility index (Phi) is 4.65. The zero-order valence-corrected chi connectivity index (χ0v) is 15.0. The van der Waals surface area contributed by atoms with Crippen LogP contribution < -0.4 is 5.56 Å². The van der Waals surface area contributed by atoms with Crippen molar-refractivity contribution in [1.82, 2.24) is 19.9 Å². The van der Waals surface area contributed by atoms with E-state index in [0.717, 1.165) is 11.8 Å². The van der Waals surface area contributed by atoms with Crippen molar-refractivity contribution in [3.8, 4) is 0 Å². The number of rotatable bonds is 3. The molecule has 128 valence electrons. The zero-order valence-electron chi connectivity index (χ0n) is 12.7. The van der Waals surface area contributed by atoms with Gasteiger partial charge in [0.25, 0.3) is 5.56 Å². The van der Waals surface area contributed by atoms with Gasteiger partial charge in [-0.05, 0) is 12.5 Å². The molecular formula is C14H14Cl2N4O3S. The number of nitrogens with zero attached hydrogens (tertiary/aromatic N) is 3. The quantitative estimate of drug-likeness (QED) is 0.630. The highest BCUT2D eigenvalue weighted by molar-refractivity contribution is 7.90. The summed E-state index contributed by atoms with van der Waals surface area (Å²) in [4.78, 5) is 24.5. The molecule has 1 aliphatic heterocycles. The third kappa shape index (κ3) is 3.61. The molecule has 0 fully saturated rings. The van der Waals surface area contributed by atoms with Crippen LogP contribution in [0.4, 0.5) is 0 Å². The van der Waals surface area contributed by atoms with Crippen LogP contribution in [0.25, 0.3) is 0 Å². The molecule has 0 saturated carbocycles. The maximum Gasteiger partial charge on any atom is 0.255 e. The first-order valence-corrected chi connectivity index (χ1v) is 9.74. The fraction of sp³-hybridized carbons (Fsp3) is 0.357. The number of nitrogens with one attached hydrogen (secondary N) is 1. The Morgan fingerprint density at radius 2 is 2.04 bits per heavy atom. The number of H-pyrrole nitrogens is 1. The molecule has 0 unspecified atom stereocenters. The standard InChI is InChI=1S/C14H14Cl2N4O3S/c1-24(22,23)14-17-10-7-20(5-4-9(10)13(21)19-14)6-8-2-3-11(15)18-12(8)16/h2-3H,4-7H2,1H3,(H,17,19,21). The number of pyridine rings is 1. The number of hydrogen-bond acceptors (Lipinski definition) is 6. The number of fused-ring (bicyclic) bond motifs is 1. The number of aromatic amines is 1. The first kappa shape index (κ1) is 17.3. The van der Waals surface area contributed by atoms with Gasteiger partial charge in [0.15, 0.2) is 0 Å². The van der Waals surface area contributed by atoms with Gasteiger partial charge in [-0.1, -0.05) is 29.3 Å². The lowest BCUT2D eigenvalue weighted by Crippen LogP contribution is -2.35. The van der Waals surface area contributed by atoms with Gasteiger partial charge in [0.05, 0.1) is 5.69 Å². The minimum absolute atomic E-state index is 0.306. The average molecular weight is 389 g/mol. The molecular weight excluding hydrogens is 375 g/mol. The third-order valence-electron chi connectivity index (χ3n) is 3.77. The van der Waals surface area contributed by atoms with Crippen LogP contribution in [-0.2, 0) is 29.3 Å². The van der Waals surface area contributed by atoms with Crippen LogP contribution in [-0.4, -0.2) is 41.1 Å². The Morgan fingerprint density at radius 1 is 1.29 bits per heavy atom. The van der Waals surface area contributed by atoms with Crippen LogP contribution >= 0.6 is 23.2 Å². The molecule has 0 spiro atoms. The average Bonchev–Trinajstić information content (AvgIpc) is 2.49. The van der Waals surface area contributed by atoms with Crippen LogP contribution in [0, 0.1) is 0 Å². The first-order valence-electron chi connectivity index (χ1n) is 7.09. The van der Waals surface area contributed by atoms with Crippen molar-refractivity contribution in [2.45, 2.75) is 24.7 Å². The molecule has 0 saturated heterocycles. The van der Waals surface area contributed by atoms with E-state index in [0.29, 0.717) is 47.6 Å². The van der Waals surface area contributed by atoms with Gasteiger partial charge in [-0.2, -0.15) is 0 Å². The number of aromatic nitrogens is 3. The number of hydrogen-bond donors (Lipinski definition) is 1. The lowest BCUT2D eigenvalue weighted by Gasteiger charge is -2.27. The second-order valence-corrected chi connectivity index (χ2v) is 8.29. The molecule has 0 aromatic carbocycles. The summed E-state index contributed by atoms with van der Waals surface area (Å²) in [5, 5.41) is 0.335. The summed E-state index contributed by atoms with van der Waals surface area (Å²) in [6, 6.07) is 3.45. The predicted molar refractivity (Wildman–Crippen MR) is 90.0 cm³/mol. The Hall–Kier alpha value is -1.48. The molecule has 3 heterocycles. The fourth-order valence-electron chi connectivity index (χ4n) is 2.58. The van der Waals surface area contributed by atoms with Crippen molar-refractivity contribution in [3.63, 3.8) is 0 Å². The Bertz CT molecular complexity index is 959. The monoisotopic (exact) mass is 388 g/mol. The van der Waals surface area contributed by atoms with Crippen LogP contribution in [0.2, 0.25) is 10.3 Å². The van der Waals surface area contributed by atoms with Gasteiger partial charge in [-0.3, -0.25) is 14.7 Å². The van der Waals surface area contributed by atoms with E-state index in [9.17, 15) is 13.2 Å². The summed E-state index contributed by atoms with van der Waals surface area (Å²) in [5.41, 5.74) is 1.41. The molecule has 1 N–H and O–H groups in total. The molecule has 7 nitrogen and oxygen atoms in total. The van der Waals surface area contributed by atoms with Crippen molar-refractivity contribution in [3.05, 3.63) is 49.6 Å². The molecule has 0 amide bonds. The van der Waals surface area contributed by atoms with Gasteiger partial charge in [0.2, 0.25) is 15.0 Å². The van der Waals surface area contributed by atoms with Crippen molar-refractivity contribution in [1.29, 1.82) is 0 Å². The largest absolute Gasteiger partial charge is 0.297 e. The molecule has 0 bridgehead atoms. The second kappa shape index (κ2) is 6.44. The van der Waals surface area contributed by atoms with Gasteiger partial charge >= 0.3 is 0 Å². The van der Waals surface area contributed by atoms with Crippen LogP contribution in [0.5, 0.6) is 0 Å². The van der Waals surface area contributed by atoms with E-state index < -0.39 is 15.4 Å². The topological polar surface area (TPSA) is 96.0 Å². The van der Waals surface area contributed by atoms with E-state index in [1.807, 2.05) is 4.90 Å². The van der Waals surface area contributed by atoms with Gasteiger partial charge in [0.1, 0.15) is 10.3 Å². The fourth-order valence-corrected chi connectivity index (χ4v) is 3.54. The smallest absolute Gasteiger partial charge is 0.255 e. The Balaban J connectivity index is 1.88. The highest BCUT2D eigenvalue weighted by atomic mass is 35.5. The molecule has 0 aliphatic carbocycles. The van der Waals surface area contributed by atoms with Crippen LogP contribution in [0.15, 0.2) is 22.1 Å². The van der Waals surface area contributed by atoms with E-state index in [1.54, 1.807) is 12.1 Å². The van der Waals surface area contributed by atoms with Crippen LogP contribution in [0.1, 0.15) is 16.8 Å². The summed E-state index contributed by atoms with van der Waals surface area (Å²) < 4.78 is 23.3. The third-order valence-corrected chi connectivity index (χ3v) is 5.20. The minimum Gasteiger partial charge on any atom is -0.297 e. The van der Waals surface area contributed by atoms with Gasteiger partial charge < -0.3 is 0 Å². The predicted octanol–water partition coefficient (Wildman–Crippen LogP) is 1.43. The molecule has 10 heteroatoms. The van der Waals surface area contributed by atoms with Crippen molar-refractivity contribution in [2.75, 3.05) is 12.8 Å². The molecule has 0 radical (unpaired) electrons. The van der Waals surface area contributed by atoms with Gasteiger partial charge in [0, 0.05) is 37.0 Å². The molecule has 3 rings (SSSR count). The molecule has 2 aromatic heterocycles. The Morgan fingerprint density at radius 3 is 2.71 bits per heavy atom. The highest BCUT2D eigenvalue weighted by Crippen LogP contribution is 2.22. The summed E-state index contributed by atoms with van der Waals surface area (Å²) >= 11 is 11.9. The zero-order chi connectivity index (χ0) is 17.5. The molecule has 2 aromatic rings. The summed E-state index contributed by atoms with van der Waals surface area (Å²) in [6.45, 7) is 1.50. The summed E-state index contributed by atoms with van der Waals surface area (Å²) in [6.07, 6.45) is 1.50. The summed E-state index contributed by atoms with van der Waals surface area (Å²) in [5.74, 6) is 0. The molecule has 0 atom stereocenters. The van der Waals surface area contributed by atoms with Crippen molar-refractivity contribution < 1.29 is 8.42 Å². The number of halogens is 2. The first-order chi connectivity index (χ1) is 11.2. The lowest BCUT2D eigenvalue weighted by atomic mass is 10.1. The molecule has 24 heavy (non-hydrogen) atoms. The second-order valence-electron chi connectivity index (χ2n) is 5.61. The SMILES string of the molecule is CS(=O)(=O)c1nc2c(c(=O)[nH]1)CCN(Cc1ccc(Cl)nc1Cl)C2. The van der Waals surface area contributed by atoms with E-state index in [1.165, 1.54) is 0 Å². The van der Waals surface area contributed by atoms with Crippen molar-refractivity contribution >= 4 is 33.0 Å². The molecule has 1 aliphatic rings. The maximum absolute atomic E-state index is 12.1. The maximum atomic E-state index is 12.1. The van der Waals surface area contributed by atoms with Gasteiger partial charge in [-0.15, -0.1) is 0 Å². The summed E-state index contributed by atoms with van der Waals surface area (Å²) in [7, 11) is -3.58. The Labute approximate surface area is 148 Å². The lowest BCUT2D eigenvalue weighted by molar-refractivity contribution is 0.239. The van der Waals surface area contributed by atoms with Gasteiger partial charge in [-0.25, -0.2) is 18.4 Å². The van der Waals surface area contributed by atoms with Crippen LogP contribution in [0.3, 0.4) is 0 Å². The highest BCUT2D eigenvalue weighted by Gasteiger charge is 2.24. The van der Waals surface area contributed by atoms with E-state index in [-0.39, 0.29) is 5.16 Å². The van der Waals surface area contributed by atoms with E-state index in [4.69, 9.17) is 23.2 Å². The normalized spacial score (nSPS) is 15.3.